The molecule has 1 aliphatic carbocycles. The summed E-state index contributed by atoms with van der Waals surface area (Å²) in [7, 11) is 3.32. The second kappa shape index (κ2) is 20.5. The molecule has 0 spiro atoms. The Kier molecular flexibility index (Phi) is 14.9. The molecular weight excluding hydrogens is 807 g/mol. The number of ether oxygens (including phenoxy) is 2. The summed E-state index contributed by atoms with van der Waals surface area (Å²) in [6.45, 7) is 9.17. The topological polar surface area (TPSA) is 146 Å². The first-order valence-corrected chi connectivity index (χ1v) is 21.6. The molecule has 0 saturated carbocycles. The molecule has 334 valence electrons. The lowest BCUT2D eigenvalue weighted by atomic mass is 9.98. The fourth-order valence-electron chi connectivity index (χ4n) is 7.84. The van der Waals surface area contributed by atoms with Crippen molar-refractivity contribution in [2.75, 3.05) is 39.1 Å². The fourth-order valence-corrected chi connectivity index (χ4v) is 7.84. The van der Waals surface area contributed by atoms with Gasteiger partial charge in [0.05, 0.1) is 0 Å². The van der Waals surface area contributed by atoms with E-state index in [1.54, 1.807) is 58.0 Å². The molecule has 5 aromatic carbocycles. The molecule has 12 heteroatoms. The number of likely N-dealkylation sites (N-methyl/N-ethyl adjacent to an activating group) is 2. The lowest BCUT2D eigenvalue weighted by molar-refractivity contribution is -0.141. The molecule has 64 heavy (non-hydrogen) atoms. The summed E-state index contributed by atoms with van der Waals surface area (Å²) in [6.07, 6.45) is 2.90. The van der Waals surface area contributed by atoms with Crippen molar-refractivity contribution in [1.82, 2.24) is 20.4 Å². The minimum atomic E-state index is -0.838. The van der Waals surface area contributed by atoms with Crippen LogP contribution in [-0.2, 0) is 36.7 Å². The van der Waals surface area contributed by atoms with Gasteiger partial charge in [-0.3, -0.25) is 14.4 Å². The molecule has 0 unspecified atom stereocenters. The molecule has 0 saturated heterocycles. The van der Waals surface area contributed by atoms with Crippen LogP contribution in [0, 0.1) is 0 Å². The van der Waals surface area contributed by atoms with Crippen LogP contribution in [0.4, 0.5) is 15.3 Å². The highest BCUT2D eigenvalue weighted by atomic mass is 16.6. The number of hydrogen-bond acceptors (Lipinski definition) is 7. The van der Waals surface area contributed by atoms with E-state index in [1.807, 2.05) is 105 Å². The molecule has 0 aliphatic heterocycles. The number of rotatable bonds is 16. The first-order chi connectivity index (χ1) is 30.5. The quantitative estimate of drug-likeness (QED) is 0.0842. The van der Waals surface area contributed by atoms with Gasteiger partial charge in [0, 0.05) is 44.2 Å². The van der Waals surface area contributed by atoms with Gasteiger partial charge in [-0.15, -0.1) is 0 Å². The zero-order valence-corrected chi connectivity index (χ0v) is 37.8. The number of anilines is 1. The first-order valence-electron chi connectivity index (χ1n) is 21.6. The molecule has 0 fully saturated rings. The van der Waals surface area contributed by atoms with Crippen LogP contribution < -0.4 is 16.0 Å². The number of nitrogens with one attached hydrogen (secondary N) is 3. The summed E-state index contributed by atoms with van der Waals surface area (Å²) >= 11 is 0. The van der Waals surface area contributed by atoms with E-state index in [0.717, 1.165) is 44.2 Å². The van der Waals surface area contributed by atoms with Crippen LogP contribution in [-0.4, -0.2) is 90.7 Å². The Morgan fingerprint density at radius 3 is 2.06 bits per heavy atom. The fraction of sp³-hybridized carbons (Fsp3) is 0.327. The van der Waals surface area contributed by atoms with Gasteiger partial charge in [0.25, 0.3) is 0 Å². The van der Waals surface area contributed by atoms with Crippen molar-refractivity contribution in [3.05, 3.63) is 150 Å². The monoisotopic (exact) mass is 865 g/mol. The number of fused-ring (bicyclic) bond motifs is 4. The third-order valence-corrected chi connectivity index (χ3v) is 11.2. The molecule has 0 bridgehead atoms. The van der Waals surface area contributed by atoms with E-state index in [-0.39, 0.29) is 37.3 Å². The van der Waals surface area contributed by atoms with E-state index in [2.05, 4.69) is 28.1 Å². The summed E-state index contributed by atoms with van der Waals surface area (Å²) in [5.74, 6) is -1.15. The van der Waals surface area contributed by atoms with E-state index >= 15 is 0 Å². The Morgan fingerprint density at radius 1 is 0.750 bits per heavy atom. The predicted molar refractivity (Wildman–Crippen MR) is 251 cm³/mol. The number of amides is 5. The normalized spacial score (nSPS) is 12.8. The molecule has 6 rings (SSSR count). The molecule has 1 atom stereocenters. The number of alkyl carbamates (subject to hydrolysis) is 2. The molecule has 5 aromatic rings. The zero-order valence-electron chi connectivity index (χ0n) is 37.8. The van der Waals surface area contributed by atoms with E-state index in [0.29, 0.717) is 25.1 Å². The number of benzene rings is 5. The van der Waals surface area contributed by atoms with Gasteiger partial charge in [-0.1, -0.05) is 115 Å². The van der Waals surface area contributed by atoms with Gasteiger partial charge in [-0.2, -0.15) is 0 Å². The van der Waals surface area contributed by atoms with Crippen molar-refractivity contribution in [3.63, 3.8) is 0 Å². The van der Waals surface area contributed by atoms with Crippen molar-refractivity contribution in [2.24, 2.45) is 0 Å². The van der Waals surface area contributed by atoms with Gasteiger partial charge in [0.2, 0.25) is 17.7 Å². The largest absolute Gasteiger partial charge is 0.449 e. The number of hydrogen-bond donors (Lipinski definition) is 3. The Hall–Kier alpha value is -6.95. The molecule has 12 nitrogen and oxygen atoms in total. The van der Waals surface area contributed by atoms with Gasteiger partial charge in [0.15, 0.2) is 0 Å². The molecule has 3 N–H and O–H groups in total. The van der Waals surface area contributed by atoms with Crippen LogP contribution in [0.1, 0.15) is 69.2 Å². The van der Waals surface area contributed by atoms with Crippen molar-refractivity contribution >= 4 is 46.4 Å². The number of carbonyl (C=O) groups excluding carboxylic acids is 5. The van der Waals surface area contributed by atoms with Crippen LogP contribution in [0.3, 0.4) is 0 Å². The highest BCUT2D eigenvalue weighted by Crippen LogP contribution is 2.44. The lowest BCUT2D eigenvalue weighted by Gasteiger charge is -2.31. The SMILES string of the molecule is CN(CCc1ccccc1NC(=O)CNC(=O)OCC1c2ccccc2-c2ccccc21)C(=O)[C@@H](Cc1ccc2ccccc2c1)N(C)C(=O)C=CCC(C)(C)NC(=O)OC(C)(C)C. The number of para-hydroxylation sites is 1. The Labute approximate surface area is 376 Å². The smallest absolute Gasteiger partial charge is 0.408 e. The van der Waals surface area contributed by atoms with E-state index in [9.17, 15) is 24.0 Å². The molecule has 0 heterocycles. The third kappa shape index (κ3) is 12.4. The minimum absolute atomic E-state index is 0.102. The average molecular weight is 866 g/mol. The maximum Gasteiger partial charge on any atom is 0.408 e. The van der Waals surface area contributed by atoms with Crippen LogP contribution in [0.5, 0.6) is 0 Å². The van der Waals surface area contributed by atoms with Crippen molar-refractivity contribution in [3.8, 4) is 11.1 Å². The summed E-state index contributed by atoms with van der Waals surface area (Å²) in [5, 5.41) is 10.4. The molecule has 1 aliphatic rings. The number of carbonyl (C=O) groups is 5. The lowest BCUT2D eigenvalue weighted by Crippen LogP contribution is -2.49. The maximum absolute atomic E-state index is 14.3. The molecular formula is C52H59N5O7. The van der Waals surface area contributed by atoms with Crippen molar-refractivity contribution < 1.29 is 33.4 Å². The first kappa shape index (κ1) is 46.6. The average Bonchev–Trinajstić information content (AvgIpc) is 3.58. The minimum Gasteiger partial charge on any atom is -0.449 e. The van der Waals surface area contributed by atoms with Gasteiger partial charge >= 0.3 is 12.2 Å². The van der Waals surface area contributed by atoms with Crippen LogP contribution in [0.15, 0.2) is 127 Å². The summed E-state index contributed by atoms with van der Waals surface area (Å²) in [4.78, 5) is 69.4. The third-order valence-electron chi connectivity index (χ3n) is 11.2. The highest BCUT2D eigenvalue weighted by molar-refractivity contribution is 5.95. The standard InChI is InChI=1S/C52H59N5O7/c1-51(2,3)64-50(62)55-52(4,5)29-16-25-47(59)57(7)45(32-35-26-27-36-17-8-9-19-38(36)31-35)48(60)56(6)30-28-37-18-10-15-24-44(37)54-46(58)33-53-49(61)63-34-43-41-22-13-11-20-39(41)40-21-12-14-23-42(40)43/h8-27,31,43,45H,28-30,32-34H2,1-7H3,(H,53,61)(H,54,58)(H,55,62)/t45-/m1/s1. The second-order valence-corrected chi connectivity index (χ2v) is 17.9. The Bertz CT molecular complexity index is 2480. The van der Waals surface area contributed by atoms with Gasteiger partial charge < -0.3 is 35.2 Å². The van der Waals surface area contributed by atoms with Crippen LogP contribution in [0.25, 0.3) is 21.9 Å². The summed E-state index contributed by atoms with van der Waals surface area (Å²) in [5.41, 5.74) is 5.33. The van der Waals surface area contributed by atoms with Gasteiger partial charge in [-0.05, 0) is 104 Å². The second-order valence-electron chi connectivity index (χ2n) is 17.9. The zero-order chi connectivity index (χ0) is 46.0. The Balaban J connectivity index is 1.06. The molecule has 5 amide bonds. The van der Waals surface area contributed by atoms with Gasteiger partial charge in [-0.25, -0.2) is 9.59 Å². The summed E-state index contributed by atoms with van der Waals surface area (Å²) in [6, 6.07) is 36.6. The molecule has 0 radical (unpaired) electrons. The maximum atomic E-state index is 14.3. The number of nitrogens with zero attached hydrogens (tertiary/aromatic N) is 2. The predicted octanol–water partition coefficient (Wildman–Crippen LogP) is 8.64. The Morgan fingerprint density at radius 2 is 1.38 bits per heavy atom. The summed E-state index contributed by atoms with van der Waals surface area (Å²) < 4.78 is 11.0. The highest BCUT2D eigenvalue weighted by Gasteiger charge is 2.31. The van der Waals surface area contributed by atoms with Crippen LogP contribution in [0.2, 0.25) is 0 Å². The van der Waals surface area contributed by atoms with Crippen molar-refractivity contribution in [1.29, 1.82) is 0 Å². The van der Waals surface area contributed by atoms with E-state index in [1.165, 1.54) is 11.0 Å². The van der Waals surface area contributed by atoms with E-state index in [4.69, 9.17) is 9.47 Å². The molecule has 0 aromatic heterocycles. The van der Waals surface area contributed by atoms with E-state index < -0.39 is 35.3 Å². The van der Waals surface area contributed by atoms with Crippen molar-refractivity contribution in [2.45, 2.75) is 77.0 Å². The van der Waals surface area contributed by atoms with Crippen LogP contribution >= 0.6 is 0 Å². The van der Waals surface area contributed by atoms with Gasteiger partial charge in [0.1, 0.15) is 24.8 Å².